The van der Waals surface area contributed by atoms with Crippen LogP contribution in [0.15, 0.2) is 0 Å². The van der Waals surface area contributed by atoms with Crippen molar-refractivity contribution in [1.29, 1.82) is 0 Å². The lowest BCUT2D eigenvalue weighted by atomic mass is 9.86. The number of hydrogen-bond donors (Lipinski definition) is 1. The summed E-state index contributed by atoms with van der Waals surface area (Å²) in [4.78, 5) is 29.0. The molecule has 1 atom stereocenters. The van der Waals surface area contributed by atoms with E-state index in [0.717, 1.165) is 0 Å². The first-order valence-corrected chi connectivity index (χ1v) is 8.11. The van der Waals surface area contributed by atoms with Crippen LogP contribution in [0.2, 0.25) is 0 Å². The van der Waals surface area contributed by atoms with E-state index in [1.54, 1.807) is 4.90 Å². The molecule has 2 rings (SSSR count). The number of likely N-dealkylation sites (tertiary alicyclic amines) is 1. The van der Waals surface area contributed by atoms with Gasteiger partial charge in [0.25, 0.3) is 0 Å². The molecular weight excluding hydrogens is 327 g/mol. The molecule has 0 aliphatic carbocycles. The van der Waals surface area contributed by atoms with E-state index in [1.165, 1.54) is 4.90 Å². The number of β-amino-alcohol motifs (C(OH)–C–C–N with tert-alkyl or cyclic N) is 1. The van der Waals surface area contributed by atoms with Crippen LogP contribution in [0.4, 0.5) is 13.2 Å². The van der Waals surface area contributed by atoms with Gasteiger partial charge in [-0.25, -0.2) is 0 Å². The fourth-order valence-electron chi connectivity index (χ4n) is 3.55. The zero-order chi connectivity index (χ0) is 18.0. The maximum atomic E-state index is 12.5. The lowest BCUT2D eigenvalue weighted by molar-refractivity contribution is -0.165. The molecule has 138 valence electrons. The first-order chi connectivity index (χ1) is 11.2. The summed E-state index contributed by atoms with van der Waals surface area (Å²) in [5.74, 6) is -0.967. The quantitative estimate of drug-likeness (QED) is 0.802. The monoisotopic (exact) mass is 351 g/mol. The van der Waals surface area contributed by atoms with Crippen molar-refractivity contribution >= 4 is 11.8 Å². The smallest absolute Gasteiger partial charge is 0.395 e. The van der Waals surface area contributed by atoms with Gasteiger partial charge in [0, 0.05) is 44.7 Å². The van der Waals surface area contributed by atoms with Gasteiger partial charge in [0.2, 0.25) is 11.8 Å². The van der Waals surface area contributed by atoms with Gasteiger partial charge in [-0.1, -0.05) is 0 Å². The van der Waals surface area contributed by atoms with E-state index in [-0.39, 0.29) is 38.6 Å². The van der Waals surface area contributed by atoms with E-state index >= 15 is 0 Å². The fraction of sp³-hybridized carbons (Fsp3) is 0.867. The third-order valence-electron chi connectivity index (χ3n) is 5.08. The maximum absolute atomic E-state index is 12.5. The summed E-state index contributed by atoms with van der Waals surface area (Å²) in [6.07, 6.45) is -4.61. The van der Waals surface area contributed by atoms with Crippen molar-refractivity contribution in [2.75, 3.05) is 46.4 Å². The largest absolute Gasteiger partial charge is 0.397 e. The molecule has 2 saturated heterocycles. The Morgan fingerprint density at radius 1 is 1.25 bits per heavy atom. The lowest BCUT2D eigenvalue weighted by Crippen LogP contribution is -2.62. The summed E-state index contributed by atoms with van der Waals surface area (Å²) in [7, 11) is 1.89. The highest BCUT2D eigenvalue weighted by Gasteiger charge is 2.44. The van der Waals surface area contributed by atoms with Crippen LogP contribution < -0.4 is 0 Å². The van der Waals surface area contributed by atoms with Gasteiger partial charge in [0.15, 0.2) is 0 Å². The van der Waals surface area contributed by atoms with Crippen LogP contribution in [-0.2, 0) is 9.59 Å². The highest BCUT2D eigenvalue weighted by atomic mass is 19.4. The molecule has 2 aliphatic rings. The standard InChI is InChI=1S/C15H24F3N3O3/c1-19-6-7-21(13(24)10-15(16,17)18)11-14(19)3-2-12(23)20(5-4-14)8-9-22/h22H,2-11H2,1H3/t14-/m1/s1. The molecule has 9 heteroatoms. The van der Waals surface area contributed by atoms with Gasteiger partial charge in [-0.2, -0.15) is 13.2 Å². The molecule has 0 unspecified atom stereocenters. The summed E-state index contributed by atoms with van der Waals surface area (Å²) in [6, 6.07) is 0. The minimum atomic E-state index is -4.51. The van der Waals surface area contributed by atoms with E-state index < -0.39 is 24.0 Å². The van der Waals surface area contributed by atoms with Gasteiger partial charge < -0.3 is 14.9 Å². The molecule has 1 N–H and O–H groups in total. The number of rotatable bonds is 3. The number of carbonyl (C=O) groups is 2. The van der Waals surface area contributed by atoms with E-state index in [0.29, 0.717) is 25.9 Å². The van der Waals surface area contributed by atoms with Gasteiger partial charge in [0.05, 0.1) is 6.61 Å². The molecule has 24 heavy (non-hydrogen) atoms. The van der Waals surface area contributed by atoms with Gasteiger partial charge in [-0.3, -0.25) is 14.5 Å². The molecule has 2 fully saturated rings. The lowest BCUT2D eigenvalue weighted by Gasteiger charge is -2.49. The van der Waals surface area contributed by atoms with Crippen molar-refractivity contribution in [3.8, 4) is 0 Å². The van der Waals surface area contributed by atoms with Crippen molar-refractivity contribution in [3.05, 3.63) is 0 Å². The predicted octanol–water partition coefficient (Wildman–Crippen LogP) is 0.456. The number of carbonyl (C=O) groups excluding carboxylic acids is 2. The van der Waals surface area contributed by atoms with Crippen LogP contribution in [0.3, 0.4) is 0 Å². The molecule has 0 aromatic rings. The van der Waals surface area contributed by atoms with E-state index in [1.807, 2.05) is 7.05 Å². The normalized spacial score (nSPS) is 26.8. The molecule has 2 aliphatic heterocycles. The number of nitrogens with zero attached hydrogens (tertiary/aromatic N) is 3. The van der Waals surface area contributed by atoms with Gasteiger partial charge >= 0.3 is 6.18 Å². The van der Waals surface area contributed by atoms with Crippen LogP contribution in [0.1, 0.15) is 25.7 Å². The molecule has 2 heterocycles. The molecule has 6 nitrogen and oxygen atoms in total. The second kappa shape index (κ2) is 7.26. The topological polar surface area (TPSA) is 64.1 Å². The van der Waals surface area contributed by atoms with Crippen LogP contribution in [0, 0.1) is 0 Å². The Morgan fingerprint density at radius 2 is 1.96 bits per heavy atom. The number of aliphatic hydroxyl groups is 1. The van der Waals surface area contributed by atoms with E-state index in [4.69, 9.17) is 5.11 Å². The van der Waals surface area contributed by atoms with E-state index in [9.17, 15) is 22.8 Å². The number of alkyl halides is 3. The number of likely N-dealkylation sites (N-methyl/N-ethyl adjacent to an activating group) is 1. The first-order valence-electron chi connectivity index (χ1n) is 8.11. The van der Waals surface area contributed by atoms with Gasteiger partial charge in [-0.15, -0.1) is 0 Å². The minimum absolute atomic E-state index is 0.0620. The van der Waals surface area contributed by atoms with Crippen LogP contribution in [0.5, 0.6) is 0 Å². The summed E-state index contributed by atoms with van der Waals surface area (Å²) in [6.45, 7) is 1.53. The zero-order valence-corrected chi connectivity index (χ0v) is 13.8. The Labute approximate surface area is 139 Å². The third kappa shape index (κ3) is 4.38. The van der Waals surface area contributed by atoms with Gasteiger partial charge in [-0.05, 0) is 19.9 Å². The number of piperazine rings is 1. The van der Waals surface area contributed by atoms with Crippen molar-refractivity contribution < 1.29 is 27.9 Å². The molecule has 0 radical (unpaired) electrons. The summed E-state index contributed by atoms with van der Waals surface area (Å²) < 4.78 is 37.5. The highest BCUT2D eigenvalue weighted by molar-refractivity contribution is 5.78. The Kier molecular flexibility index (Phi) is 5.74. The molecule has 0 aromatic carbocycles. The molecule has 0 aromatic heterocycles. The van der Waals surface area contributed by atoms with Crippen LogP contribution in [-0.4, -0.2) is 89.7 Å². The molecular formula is C15H24F3N3O3. The van der Waals surface area contributed by atoms with Crippen molar-refractivity contribution in [1.82, 2.24) is 14.7 Å². The van der Waals surface area contributed by atoms with Crippen LogP contribution in [0.25, 0.3) is 0 Å². The first kappa shape index (κ1) is 19.0. The molecule has 1 spiro atoms. The van der Waals surface area contributed by atoms with E-state index in [2.05, 4.69) is 4.90 Å². The van der Waals surface area contributed by atoms with Crippen molar-refractivity contribution in [3.63, 3.8) is 0 Å². The number of hydrogen-bond acceptors (Lipinski definition) is 4. The SMILES string of the molecule is CN1CCN(C(=O)CC(F)(F)F)C[C@]12CCC(=O)N(CCO)CC2. The Morgan fingerprint density at radius 3 is 2.58 bits per heavy atom. The minimum Gasteiger partial charge on any atom is -0.395 e. The Balaban J connectivity index is 2.09. The van der Waals surface area contributed by atoms with Crippen molar-refractivity contribution in [2.24, 2.45) is 0 Å². The third-order valence-corrected chi connectivity index (χ3v) is 5.08. The summed E-state index contributed by atoms with van der Waals surface area (Å²) in [5.41, 5.74) is -0.487. The van der Waals surface area contributed by atoms with Gasteiger partial charge in [0.1, 0.15) is 6.42 Å². The number of halogens is 3. The summed E-state index contributed by atoms with van der Waals surface area (Å²) in [5, 5.41) is 9.04. The predicted molar refractivity (Wildman–Crippen MR) is 80.1 cm³/mol. The second-order valence-corrected chi connectivity index (χ2v) is 6.61. The zero-order valence-electron chi connectivity index (χ0n) is 13.8. The second-order valence-electron chi connectivity index (χ2n) is 6.61. The van der Waals surface area contributed by atoms with Crippen molar-refractivity contribution in [2.45, 2.75) is 37.4 Å². The molecule has 2 amide bonds. The Hall–Kier alpha value is -1.35. The summed E-state index contributed by atoms with van der Waals surface area (Å²) >= 11 is 0. The highest BCUT2D eigenvalue weighted by Crippen LogP contribution is 2.33. The number of amides is 2. The molecule has 0 bridgehead atoms. The molecule has 0 saturated carbocycles. The maximum Gasteiger partial charge on any atom is 0.397 e. The Bertz CT molecular complexity index is 486. The average Bonchev–Trinajstić information content (AvgIpc) is 2.63. The average molecular weight is 351 g/mol. The fourth-order valence-corrected chi connectivity index (χ4v) is 3.55. The number of aliphatic hydroxyl groups excluding tert-OH is 1. The van der Waals surface area contributed by atoms with Crippen LogP contribution >= 0.6 is 0 Å².